The van der Waals surface area contributed by atoms with Gasteiger partial charge >= 0.3 is 0 Å². The number of benzene rings is 1. The summed E-state index contributed by atoms with van der Waals surface area (Å²) in [6, 6.07) is 6.32. The summed E-state index contributed by atoms with van der Waals surface area (Å²) in [6.07, 6.45) is 2.31. The molecule has 0 radical (unpaired) electrons. The van der Waals surface area contributed by atoms with Crippen molar-refractivity contribution in [3.8, 4) is 5.75 Å². The van der Waals surface area contributed by atoms with Crippen LogP contribution in [0.25, 0.3) is 0 Å². The lowest BCUT2D eigenvalue weighted by Crippen LogP contribution is -2.36. The molecule has 1 aromatic carbocycles. The average molecular weight is 412 g/mol. The molecule has 5 heteroatoms. The van der Waals surface area contributed by atoms with E-state index in [4.69, 9.17) is 9.47 Å². The molecule has 1 aromatic rings. The summed E-state index contributed by atoms with van der Waals surface area (Å²) < 4.78 is 12.4. The van der Waals surface area contributed by atoms with E-state index in [9.17, 15) is 0 Å². The predicted octanol–water partition coefficient (Wildman–Crippen LogP) is 3.51. The Morgan fingerprint density at radius 1 is 1.25 bits per heavy atom. The van der Waals surface area contributed by atoms with Crippen LogP contribution in [0.15, 0.2) is 18.2 Å². The number of unbranched alkanes of at least 4 members (excludes halogenated alkanes) is 1. The largest absolute Gasteiger partial charge is 0.493 e. The molecule has 0 saturated carbocycles. The summed E-state index contributed by atoms with van der Waals surface area (Å²) in [5.41, 5.74) is 1.22. The zero-order valence-electron chi connectivity index (χ0n) is 11.9. The van der Waals surface area contributed by atoms with Crippen molar-refractivity contribution in [1.82, 2.24) is 4.90 Å². The van der Waals surface area contributed by atoms with E-state index in [2.05, 4.69) is 52.6 Å². The van der Waals surface area contributed by atoms with Crippen molar-refractivity contribution in [3.63, 3.8) is 0 Å². The first-order chi connectivity index (χ1) is 9.25. The number of nitrogens with zero attached hydrogens (tertiary/aromatic N) is 1. The van der Waals surface area contributed by atoms with Crippen LogP contribution in [-0.4, -0.2) is 44.4 Å². The first-order valence-electron chi connectivity index (χ1n) is 6.95. The third kappa shape index (κ3) is 6.16. The number of halogens is 2. The number of rotatable bonds is 6. The fourth-order valence-electron chi connectivity index (χ4n) is 2.22. The van der Waals surface area contributed by atoms with Gasteiger partial charge < -0.3 is 9.47 Å². The number of hydrogen-bond donors (Lipinski definition) is 0. The number of hydrogen-bond acceptors (Lipinski definition) is 3. The van der Waals surface area contributed by atoms with Crippen LogP contribution in [0, 0.1) is 10.5 Å². The summed E-state index contributed by atoms with van der Waals surface area (Å²) >= 11 is 2.33. The van der Waals surface area contributed by atoms with Gasteiger partial charge in [-0.3, -0.25) is 4.90 Å². The van der Waals surface area contributed by atoms with E-state index >= 15 is 0 Å². The molecule has 0 aliphatic carbocycles. The Kier molecular flexibility index (Phi) is 8.84. The maximum absolute atomic E-state index is 5.83. The van der Waals surface area contributed by atoms with Crippen LogP contribution in [-0.2, 0) is 4.74 Å². The quantitative estimate of drug-likeness (QED) is 0.528. The van der Waals surface area contributed by atoms with Gasteiger partial charge in [0, 0.05) is 16.7 Å². The van der Waals surface area contributed by atoms with Gasteiger partial charge in [0.2, 0.25) is 0 Å². The van der Waals surface area contributed by atoms with Crippen molar-refractivity contribution in [2.45, 2.75) is 19.8 Å². The molecule has 0 aromatic heterocycles. The van der Waals surface area contributed by atoms with Crippen LogP contribution < -0.4 is 4.74 Å². The van der Waals surface area contributed by atoms with E-state index < -0.39 is 0 Å². The molecule has 0 atom stereocenters. The highest BCUT2D eigenvalue weighted by atomic mass is 127. The second kappa shape index (κ2) is 9.82. The van der Waals surface area contributed by atoms with Gasteiger partial charge in [-0.25, -0.2) is 0 Å². The summed E-state index contributed by atoms with van der Waals surface area (Å²) in [5, 5.41) is 0. The summed E-state index contributed by atoms with van der Waals surface area (Å²) in [5.74, 6) is 1.02. The molecule has 1 aliphatic heterocycles. The smallest absolute Gasteiger partial charge is 0.122 e. The highest BCUT2D eigenvalue weighted by molar-refractivity contribution is 14.1. The molecule has 3 nitrogen and oxygen atoms in total. The minimum atomic E-state index is 0. The van der Waals surface area contributed by atoms with Crippen LogP contribution in [0.4, 0.5) is 0 Å². The maximum Gasteiger partial charge on any atom is 0.122 e. The van der Waals surface area contributed by atoms with Gasteiger partial charge in [0.25, 0.3) is 0 Å². The highest BCUT2D eigenvalue weighted by Crippen LogP contribution is 2.20. The van der Waals surface area contributed by atoms with Crippen molar-refractivity contribution in [2.75, 3.05) is 39.5 Å². The van der Waals surface area contributed by atoms with Crippen molar-refractivity contribution < 1.29 is 9.47 Å². The number of ether oxygens (including phenoxy) is 2. The van der Waals surface area contributed by atoms with E-state index in [1.807, 2.05) is 0 Å². The normalized spacial score (nSPS) is 15.7. The molecule has 0 amide bonds. The zero-order valence-corrected chi connectivity index (χ0v) is 14.9. The van der Waals surface area contributed by atoms with Crippen LogP contribution in [0.2, 0.25) is 0 Å². The molecule has 1 heterocycles. The zero-order chi connectivity index (χ0) is 13.5. The molecular formula is C15H23ClINO2. The van der Waals surface area contributed by atoms with Crippen LogP contribution in [0.3, 0.4) is 0 Å². The standard InChI is InChI=1S/C15H22INO2.ClH/c1-13-12-14(16)4-5-15(13)19-9-3-2-6-17-7-10-18-11-8-17;/h4-5,12H,2-3,6-11H2,1H3;1H. The Bertz CT molecular complexity index is 397. The number of aryl methyl sites for hydroxylation is 1. The molecule has 0 spiro atoms. The van der Waals surface area contributed by atoms with E-state index in [-0.39, 0.29) is 12.4 Å². The third-order valence-corrected chi connectivity index (χ3v) is 4.04. The molecule has 114 valence electrons. The third-order valence-electron chi connectivity index (χ3n) is 3.37. The molecule has 1 aliphatic rings. The van der Waals surface area contributed by atoms with Crippen LogP contribution in [0.5, 0.6) is 5.75 Å². The lowest BCUT2D eigenvalue weighted by atomic mass is 10.2. The lowest BCUT2D eigenvalue weighted by Gasteiger charge is -2.26. The topological polar surface area (TPSA) is 21.7 Å². The summed E-state index contributed by atoms with van der Waals surface area (Å²) in [6.45, 7) is 8.01. The monoisotopic (exact) mass is 411 g/mol. The van der Waals surface area contributed by atoms with Gasteiger partial charge in [0.05, 0.1) is 19.8 Å². The van der Waals surface area contributed by atoms with Gasteiger partial charge in [0.15, 0.2) is 0 Å². The van der Waals surface area contributed by atoms with E-state index in [0.717, 1.165) is 45.1 Å². The molecule has 0 bridgehead atoms. The Labute approximate surface area is 141 Å². The summed E-state index contributed by atoms with van der Waals surface area (Å²) in [4.78, 5) is 2.47. The Morgan fingerprint density at radius 2 is 2.00 bits per heavy atom. The Balaban J connectivity index is 0.00000200. The maximum atomic E-state index is 5.83. The van der Waals surface area contributed by atoms with Crippen LogP contribution in [0.1, 0.15) is 18.4 Å². The second-order valence-electron chi connectivity index (χ2n) is 4.92. The van der Waals surface area contributed by atoms with Gasteiger partial charge in [-0.15, -0.1) is 12.4 Å². The Hall–Kier alpha value is -0.0400. The predicted molar refractivity (Wildman–Crippen MR) is 93.1 cm³/mol. The second-order valence-corrected chi connectivity index (χ2v) is 6.17. The molecule has 20 heavy (non-hydrogen) atoms. The summed E-state index contributed by atoms with van der Waals surface area (Å²) in [7, 11) is 0. The lowest BCUT2D eigenvalue weighted by molar-refractivity contribution is 0.0368. The van der Waals surface area contributed by atoms with Crippen LogP contribution >= 0.6 is 35.0 Å². The van der Waals surface area contributed by atoms with E-state index in [1.54, 1.807) is 0 Å². The minimum absolute atomic E-state index is 0. The fraction of sp³-hybridized carbons (Fsp3) is 0.600. The van der Waals surface area contributed by atoms with Gasteiger partial charge in [0.1, 0.15) is 5.75 Å². The molecular weight excluding hydrogens is 389 g/mol. The van der Waals surface area contributed by atoms with E-state index in [0.29, 0.717) is 0 Å². The number of morpholine rings is 1. The minimum Gasteiger partial charge on any atom is -0.493 e. The molecule has 1 saturated heterocycles. The average Bonchev–Trinajstić information content (AvgIpc) is 2.42. The van der Waals surface area contributed by atoms with Crippen molar-refractivity contribution in [3.05, 3.63) is 27.3 Å². The highest BCUT2D eigenvalue weighted by Gasteiger charge is 2.09. The van der Waals surface area contributed by atoms with E-state index in [1.165, 1.54) is 22.1 Å². The Morgan fingerprint density at radius 3 is 2.70 bits per heavy atom. The van der Waals surface area contributed by atoms with Crippen molar-refractivity contribution in [1.29, 1.82) is 0 Å². The van der Waals surface area contributed by atoms with Gasteiger partial charge in [-0.2, -0.15) is 0 Å². The SMILES string of the molecule is Cc1cc(I)ccc1OCCCCN1CCOCC1.Cl. The van der Waals surface area contributed by atoms with Crippen molar-refractivity contribution in [2.24, 2.45) is 0 Å². The molecule has 0 unspecified atom stereocenters. The molecule has 0 N–H and O–H groups in total. The fourth-order valence-corrected chi connectivity index (χ4v) is 2.87. The molecule has 2 rings (SSSR count). The first-order valence-corrected chi connectivity index (χ1v) is 8.02. The van der Waals surface area contributed by atoms with Gasteiger partial charge in [-0.05, 0) is 72.7 Å². The molecule has 1 fully saturated rings. The van der Waals surface area contributed by atoms with Gasteiger partial charge in [-0.1, -0.05) is 0 Å². The first kappa shape index (κ1) is 18.0. The van der Waals surface area contributed by atoms with Crippen molar-refractivity contribution >= 4 is 35.0 Å².